The number of allylic oxidation sites excluding steroid dienone is 9. The Morgan fingerprint density at radius 2 is 1.24 bits per heavy atom. The minimum atomic E-state index is 0.913. The lowest BCUT2D eigenvalue weighted by Gasteiger charge is -1.84. The summed E-state index contributed by atoms with van der Waals surface area (Å²) in [6.07, 6.45) is 24.9. The van der Waals surface area contributed by atoms with Crippen molar-refractivity contribution >= 4 is 0 Å². The van der Waals surface area contributed by atoms with Crippen molar-refractivity contribution in [2.45, 2.75) is 32.6 Å². The molecule has 0 N–H and O–H groups in total. The van der Waals surface area contributed by atoms with E-state index in [4.69, 9.17) is 4.74 Å². The van der Waals surface area contributed by atoms with Crippen LogP contribution in [0.2, 0.25) is 0 Å². The summed E-state index contributed by atoms with van der Waals surface area (Å²) >= 11 is 0. The zero-order valence-corrected chi connectivity index (χ0v) is 11.0. The maximum atomic E-state index is 4.79. The van der Waals surface area contributed by atoms with Crippen LogP contribution in [-0.4, -0.2) is 7.11 Å². The van der Waals surface area contributed by atoms with Crippen LogP contribution in [0.3, 0.4) is 0 Å². The van der Waals surface area contributed by atoms with Crippen LogP contribution < -0.4 is 0 Å². The van der Waals surface area contributed by atoms with Gasteiger partial charge in [0, 0.05) is 0 Å². The summed E-state index contributed by atoms with van der Waals surface area (Å²) in [7, 11) is 1.65. The zero-order chi connectivity index (χ0) is 12.6. The highest BCUT2D eigenvalue weighted by atomic mass is 16.5. The fourth-order valence-electron chi connectivity index (χ4n) is 1.16. The van der Waals surface area contributed by atoms with Crippen LogP contribution in [0.25, 0.3) is 0 Å². The Kier molecular flexibility index (Phi) is 13.2. The smallest absolute Gasteiger partial charge is 0.0787 e. The molecule has 0 atom stereocenters. The SMILES string of the molecule is CC/C=C\C/C=C\C/C=C/C=C/C/C=C/OC. The van der Waals surface area contributed by atoms with E-state index in [1.165, 1.54) is 0 Å². The van der Waals surface area contributed by atoms with Crippen molar-refractivity contribution in [1.82, 2.24) is 0 Å². The van der Waals surface area contributed by atoms with Gasteiger partial charge in [-0.15, -0.1) is 0 Å². The van der Waals surface area contributed by atoms with Crippen molar-refractivity contribution in [2.75, 3.05) is 7.11 Å². The molecule has 0 aromatic heterocycles. The van der Waals surface area contributed by atoms with Gasteiger partial charge >= 0.3 is 0 Å². The van der Waals surface area contributed by atoms with Crippen molar-refractivity contribution in [3.05, 3.63) is 60.9 Å². The predicted molar refractivity (Wildman–Crippen MR) is 76.9 cm³/mol. The summed E-state index contributed by atoms with van der Waals surface area (Å²) in [5, 5.41) is 0. The van der Waals surface area contributed by atoms with Crippen LogP contribution in [0, 0.1) is 0 Å². The van der Waals surface area contributed by atoms with Gasteiger partial charge in [0.1, 0.15) is 0 Å². The largest absolute Gasteiger partial charge is 0.505 e. The highest BCUT2D eigenvalue weighted by Gasteiger charge is 1.72. The Hall–Kier alpha value is -1.50. The Bertz CT molecular complexity index is 280. The van der Waals surface area contributed by atoms with E-state index in [9.17, 15) is 0 Å². The first-order valence-electron chi connectivity index (χ1n) is 6.21. The summed E-state index contributed by atoms with van der Waals surface area (Å²) < 4.78 is 4.79. The molecule has 0 heterocycles. The van der Waals surface area contributed by atoms with Crippen LogP contribution in [0.5, 0.6) is 0 Å². The molecular weight excluding hydrogens is 208 g/mol. The van der Waals surface area contributed by atoms with E-state index in [-0.39, 0.29) is 0 Å². The second-order valence-corrected chi connectivity index (χ2v) is 3.52. The normalized spacial score (nSPS) is 13.1. The molecule has 0 aromatic carbocycles. The molecule has 0 aliphatic heterocycles. The van der Waals surface area contributed by atoms with Gasteiger partial charge in [0.2, 0.25) is 0 Å². The second kappa shape index (κ2) is 14.5. The lowest BCUT2D eigenvalue weighted by molar-refractivity contribution is 0.337. The van der Waals surface area contributed by atoms with E-state index in [1.807, 2.05) is 6.08 Å². The van der Waals surface area contributed by atoms with Crippen molar-refractivity contribution in [2.24, 2.45) is 0 Å². The Labute approximate surface area is 106 Å². The van der Waals surface area contributed by atoms with Gasteiger partial charge in [-0.2, -0.15) is 0 Å². The number of hydrogen-bond donors (Lipinski definition) is 0. The Balaban J connectivity index is 3.47. The number of ether oxygens (including phenoxy) is 1. The predicted octanol–water partition coefficient (Wildman–Crippen LogP) is 4.95. The van der Waals surface area contributed by atoms with Gasteiger partial charge in [-0.25, -0.2) is 0 Å². The zero-order valence-electron chi connectivity index (χ0n) is 11.0. The molecule has 1 nitrogen and oxygen atoms in total. The molecule has 17 heavy (non-hydrogen) atoms. The highest BCUT2D eigenvalue weighted by Crippen LogP contribution is 1.93. The first-order chi connectivity index (χ1) is 8.41. The van der Waals surface area contributed by atoms with Gasteiger partial charge in [-0.3, -0.25) is 0 Å². The molecule has 0 fully saturated rings. The number of rotatable bonds is 9. The van der Waals surface area contributed by atoms with Crippen LogP contribution in [-0.2, 0) is 4.74 Å². The van der Waals surface area contributed by atoms with E-state index in [1.54, 1.807) is 13.4 Å². The lowest BCUT2D eigenvalue weighted by Crippen LogP contribution is -1.64. The standard InChI is InChI=1S/C16H24O/c1-3-4-5-6-7-8-9-10-11-12-13-14-15-16-17-2/h4-5,7-8,10-13,15-16H,3,6,9,14H2,1-2H3/b5-4-,8-7-,11-10+,13-12+,16-15+. The minimum absolute atomic E-state index is 0.913. The molecule has 0 rings (SSSR count). The Morgan fingerprint density at radius 3 is 1.82 bits per heavy atom. The molecule has 0 saturated heterocycles. The number of methoxy groups -OCH3 is 1. The summed E-state index contributed by atoms with van der Waals surface area (Å²) in [6, 6.07) is 0. The average molecular weight is 232 g/mol. The molecule has 1 heteroatoms. The molecule has 0 amide bonds. The van der Waals surface area contributed by atoms with Crippen molar-refractivity contribution < 1.29 is 4.74 Å². The van der Waals surface area contributed by atoms with Crippen LogP contribution in [0.4, 0.5) is 0 Å². The summed E-state index contributed by atoms with van der Waals surface area (Å²) in [4.78, 5) is 0. The first-order valence-corrected chi connectivity index (χ1v) is 6.21. The molecule has 0 unspecified atom stereocenters. The van der Waals surface area contributed by atoms with Gasteiger partial charge in [-0.05, 0) is 31.8 Å². The second-order valence-electron chi connectivity index (χ2n) is 3.52. The average Bonchev–Trinajstić information content (AvgIpc) is 2.35. The fraction of sp³-hybridized carbons (Fsp3) is 0.375. The third-order valence-corrected chi connectivity index (χ3v) is 2.00. The lowest BCUT2D eigenvalue weighted by atomic mass is 10.2. The minimum Gasteiger partial charge on any atom is -0.505 e. The summed E-state index contributed by atoms with van der Waals surface area (Å²) in [5.74, 6) is 0. The molecule has 0 bridgehead atoms. The molecular formula is C16H24O. The first kappa shape index (κ1) is 15.5. The summed E-state index contributed by atoms with van der Waals surface area (Å²) in [6.45, 7) is 2.15. The molecule has 0 saturated carbocycles. The van der Waals surface area contributed by atoms with Crippen LogP contribution in [0.15, 0.2) is 60.9 Å². The van der Waals surface area contributed by atoms with Crippen molar-refractivity contribution in [3.63, 3.8) is 0 Å². The third-order valence-electron chi connectivity index (χ3n) is 2.00. The Morgan fingerprint density at radius 1 is 0.706 bits per heavy atom. The number of hydrogen-bond acceptors (Lipinski definition) is 1. The summed E-state index contributed by atoms with van der Waals surface area (Å²) in [5.41, 5.74) is 0. The maximum absolute atomic E-state index is 4.79. The van der Waals surface area contributed by atoms with E-state index < -0.39 is 0 Å². The van der Waals surface area contributed by atoms with Gasteiger partial charge in [0.15, 0.2) is 0 Å². The molecule has 0 radical (unpaired) electrons. The molecule has 0 aliphatic carbocycles. The highest BCUT2D eigenvalue weighted by molar-refractivity contribution is 5.06. The van der Waals surface area contributed by atoms with E-state index in [0.717, 1.165) is 25.7 Å². The van der Waals surface area contributed by atoms with Crippen molar-refractivity contribution in [1.29, 1.82) is 0 Å². The molecule has 0 spiro atoms. The molecule has 0 aromatic rings. The van der Waals surface area contributed by atoms with Crippen LogP contribution >= 0.6 is 0 Å². The van der Waals surface area contributed by atoms with Gasteiger partial charge in [0.05, 0.1) is 13.4 Å². The van der Waals surface area contributed by atoms with Gasteiger partial charge < -0.3 is 4.74 Å². The topological polar surface area (TPSA) is 9.23 Å². The fourth-order valence-corrected chi connectivity index (χ4v) is 1.16. The van der Waals surface area contributed by atoms with Gasteiger partial charge in [-0.1, -0.05) is 55.5 Å². The maximum Gasteiger partial charge on any atom is 0.0787 e. The van der Waals surface area contributed by atoms with Crippen molar-refractivity contribution in [3.8, 4) is 0 Å². The van der Waals surface area contributed by atoms with E-state index >= 15 is 0 Å². The van der Waals surface area contributed by atoms with E-state index in [2.05, 4.69) is 55.5 Å². The van der Waals surface area contributed by atoms with Gasteiger partial charge in [0.25, 0.3) is 0 Å². The van der Waals surface area contributed by atoms with E-state index in [0.29, 0.717) is 0 Å². The monoisotopic (exact) mass is 232 g/mol. The third kappa shape index (κ3) is 14.5. The quantitative estimate of drug-likeness (QED) is 0.310. The molecule has 94 valence electrons. The molecule has 0 aliphatic rings. The van der Waals surface area contributed by atoms with Crippen LogP contribution in [0.1, 0.15) is 32.6 Å².